The highest BCUT2D eigenvalue weighted by atomic mass is 16.5. The summed E-state index contributed by atoms with van der Waals surface area (Å²) in [6.45, 7) is 3.86. The number of rotatable bonds is 5. The fourth-order valence-electron chi connectivity index (χ4n) is 4.22. The maximum absolute atomic E-state index is 12.8. The second-order valence-electron chi connectivity index (χ2n) is 7.93. The fraction of sp³-hybridized carbons (Fsp3) is 0.545. The van der Waals surface area contributed by atoms with Gasteiger partial charge in [0.1, 0.15) is 11.5 Å². The predicted octanol–water partition coefficient (Wildman–Crippen LogP) is 3.81. The first kappa shape index (κ1) is 18.2. The fourth-order valence-corrected chi connectivity index (χ4v) is 4.22. The molecule has 27 heavy (non-hydrogen) atoms. The van der Waals surface area contributed by atoms with Crippen molar-refractivity contribution in [2.45, 2.75) is 58.0 Å². The zero-order valence-electron chi connectivity index (χ0n) is 16.2. The highest BCUT2D eigenvalue weighted by Crippen LogP contribution is 2.25. The summed E-state index contributed by atoms with van der Waals surface area (Å²) in [4.78, 5) is 17.0. The van der Waals surface area contributed by atoms with Gasteiger partial charge in [-0.3, -0.25) is 9.69 Å². The van der Waals surface area contributed by atoms with Gasteiger partial charge in [0.05, 0.1) is 6.54 Å². The smallest absolute Gasteiger partial charge is 0.253 e. The zero-order chi connectivity index (χ0) is 18.6. The summed E-state index contributed by atoms with van der Waals surface area (Å²) in [5.74, 6) is 1.05. The van der Waals surface area contributed by atoms with Crippen LogP contribution in [0.3, 0.4) is 0 Å². The summed E-state index contributed by atoms with van der Waals surface area (Å²) in [6.07, 6.45) is 8.28. The summed E-state index contributed by atoms with van der Waals surface area (Å²) in [5, 5.41) is 4.22. The second kappa shape index (κ2) is 8.26. The molecule has 2 heterocycles. The summed E-state index contributed by atoms with van der Waals surface area (Å²) in [7, 11) is 1.84. The Balaban J connectivity index is 1.37. The average Bonchev–Trinajstić information content (AvgIpc) is 3.12. The molecule has 1 fully saturated rings. The molecule has 0 unspecified atom stereocenters. The van der Waals surface area contributed by atoms with E-state index in [1.54, 1.807) is 4.90 Å². The number of carbonyl (C=O) groups excluding carboxylic acids is 1. The summed E-state index contributed by atoms with van der Waals surface area (Å²) < 4.78 is 5.47. The van der Waals surface area contributed by atoms with Gasteiger partial charge in [-0.15, -0.1) is 0 Å². The molecular weight excluding hydrogens is 338 g/mol. The molecule has 4 rings (SSSR count). The van der Waals surface area contributed by atoms with Crippen LogP contribution < -0.4 is 0 Å². The van der Waals surface area contributed by atoms with Crippen molar-refractivity contribution in [3.8, 4) is 0 Å². The van der Waals surface area contributed by atoms with Gasteiger partial charge in [-0.2, -0.15) is 0 Å². The van der Waals surface area contributed by atoms with E-state index >= 15 is 0 Å². The van der Waals surface area contributed by atoms with Crippen molar-refractivity contribution in [1.29, 1.82) is 0 Å². The Morgan fingerprint density at radius 3 is 2.59 bits per heavy atom. The number of carbonyl (C=O) groups is 1. The van der Waals surface area contributed by atoms with Crippen molar-refractivity contribution in [3.05, 3.63) is 52.4 Å². The van der Waals surface area contributed by atoms with E-state index < -0.39 is 0 Å². The molecule has 1 saturated heterocycles. The second-order valence-corrected chi connectivity index (χ2v) is 7.93. The minimum absolute atomic E-state index is 0.0343. The molecule has 0 N–H and O–H groups in total. The lowest BCUT2D eigenvalue weighted by atomic mass is 9.96. The highest BCUT2D eigenvalue weighted by Gasteiger charge is 2.22. The summed E-state index contributed by atoms with van der Waals surface area (Å²) >= 11 is 0. The first-order valence-electron chi connectivity index (χ1n) is 10.2. The van der Waals surface area contributed by atoms with Crippen LogP contribution in [0, 0.1) is 0 Å². The van der Waals surface area contributed by atoms with Gasteiger partial charge in [0.15, 0.2) is 0 Å². The molecule has 2 aliphatic rings. The standard InChI is InChI=1S/C22H29N3O2/c1-24(16-20-19-7-3-4-8-21(19)27-23-20)22(26)18-11-9-17(10-12-18)15-25-13-5-2-6-14-25/h9-12H,2-8,13-16H2,1H3. The molecule has 5 heteroatoms. The van der Waals surface area contributed by atoms with Crippen molar-refractivity contribution in [2.24, 2.45) is 0 Å². The number of hydrogen-bond acceptors (Lipinski definition) is 4. The van der Waals surface area contributed by atoms with Crippen LogP contribution in [0.5, 0.6) is 0 Å². The quantitative estimate of drug-likeness (QED) is 0.806. The van der Waals surface area contributed by atoms with E-state index in [0.717, 1.165) is 36.4 Å². The van der Waals surface area contributed by atoms with Crippen molar-refractivity contribution in [2.75, 3.05) is 20.1 Å². The third-order valence-electron chi connectivity index (χ3n) is 5.82. The maximum Gasteiger partial charge on any atom is 0.253 e. The molecule has 0 radical (unpaired) electrons. The number of fused-ring (bicyclic) bond motifs is 1. The first-order valence-corrected chi connectivity index (χ1v) is 10.2. The Morgan fingerprint density at radius 1 is 1.07 bits per heavy atom. The minimum atomic E-state index is 0.0343. The third kappa shape index (κ3) is 4.24. The van der Waals surface area contributed by atoms with Gasteiger partial charge in [-0.1, -0.05) is 23.7 Å². The van der Waals surface area contributed by atoms with Crippen LogP contribution in [0.15, 0.2) is 28.8 Å². The highest BCUT2D eigenvalue weighted by molar-refractivity contribution is 5.94. The van der Waals surface area contributed by atoms with Gasteiger partial charge in [0.25, 0.3) is 5.91 Å². The normalized spacial score (nSPS) is 17.5. The molecule has 0 spiro atoms. The summed E-state index contributed by atoms with van der Waals surface area (Å²) in [6, 6.07) is 8.09. The predicted molar refractivity (Wildman–Crippen MR) is 105 cm³/mol. The number of amides is 1. The molecule has 144 valence electrons. The lowest BCUT2D eigenvalue weighted by molar-refractivity contribution is 0.0782. The van der Waals surface area contributed by atoms with Crippen molar-refractivity contribution < 1.29 is 9.32 Å². The molecule has 1 amide bonds. The lowest BCUT2D eigenvalue weighted by Gasteiger charge is -2.26. The Bertz CT molecular complexity index is 775. The van der Waals surface area contributed by atoms with Crippen molar-refractivity contribution >= 4 is 5.91 Å². The largest absolute Gasteiger partial charge is 0.361 e. The van der Waals surface area contributed by atoms with Gasteiger partial charge < -0.3 is 9.42 Å². The lowest BCUT2D eigenvalue weighted by Crippen LogP contribution is -2.29. The van der Waals surface area contributed by atoms with E-state index in [9.17, 15) is 4.79 Å². The Kier molecular flexibility index (Phi) is 5.58. The molecule has 1 aliphatic carbocycles. The Hall–Kier alpha value is -2.14. The van der Waals surface area contributed by atoms with E-state index in [2.05, 4.69) is 22.2 Å². The van der Waals surface area contributed by atoms with Gasteiger partial charge >= 0.3 is 0 Å². The number of piperidine rings is 1. The minimum Gasteiger partial charge on any atom is -0.361 e. The molecule has 0 bridgehead atoms. The van der Waals surface area contributed by atoms with E-state index in [4.69, 9.17) is 4.52 Å². The number of aryl methyl sites for hydroxylation is 1. The summed E-state index contributed by atoms with van der Waals surface area (Å²) in [5.41, 5.74) is 4.15. The molecule has 1 aromatic carbocycles. The number of benzene rings is 1. The van der Waals surface area contributed by atoms with Crippen LogP contribution in [-0.4, -0.2) is 41.0 Å². The molecular formula is C22H29N3O2. The SMILES string of the molecule is CN(Cc1noc2c1CCCC2)C(=O)c1ccc(CN2CCCCC2)cc1. The average molecular weight is 367 g/mol. The van der Waals surface area contributed by atoms with Gasteiger partial charge in [-0.25, -0.2) is 0 Å². The molecule has 0 saturated carbocycles. The molecule has 5 nitrogen and oxygen atoms in total. The monoisotopic (exact) mass is 367 g/mol. The van der Waals surface area contributed by atoms with E-state index in [1.165, 1.54) is 56.3 Å². The van der Waals surface area contributed by atoms with E-state index in [0.29, 0.717) is 6.54 Å². The van der Waals surface area contributed by atoms with Crippen LogP contribution >= 0.6 is 0 Å². The van der Waals surface area contributed by atoms with Crippen molar-refractivity contribution in [3.63, 3.8) is 0 Å². The van der Waals surface area contributed by atoms with Crippen LogP contribution in [0.4, 0.5) is 0 Å². The molecule has 0 atom stereocenters. The van der Waals surface area contributed by atoms with E-state index in [1.807, 2.05) is 19.2 Å². The van der Waals surface area contributed by atoms with Crippen LogP contribution in [-0.2, 0) is 25.9 Å². The number of hydrogen-bond donors (Lipinski definition) is 0. The molecule has 1 aliphatic heterocycles. The Labute approximate surface area is 161 Å². The Morgan fingerprint density at radius 2 is 1.81 bits per heavy atom. The molecule has 2 aromatic rings. The maximum atomic E-state index is 12.8. The molecule has 1 aromatic heterocycles. The zero-order valence-corrected chi connectivity index (χ0v) is 16.2. The number of aromatic nitrogens is 1. The first-order chi connectivity index (χ1) is 13.2. The van der Waals surface area contributed by atoms with Crippen LogP contribution in [0.1, 0.15) is 65.0 Å². The van der Waals surface area contributed by atoms with E-state index in [-0.39, 0.29) is 5.91 Å². The number of nitrogens with zero attached hydrogens (tertiary/aromatic N) is 3. The van der Waals surface area contributed by atoms with Crippen LogP contribution in [0.25, 0.3) is 0 Å². The third-order valence-corrected chi connectivity index (χ3v) is 5.82. The van der Waals surface area contributed by atoms with Crippen LogP contribution in [0.2, 0.25) is 0 Å². The van der Waals surface area contributed by atoms with Crippen molar-refractivity contribution in [1.82, 2.24) is 15.0 Å². The topological polar surface area (TPSA) is 49.6 Å². The number of likely N-dealkylation sites (tertiary alicyclic amines) is 1. The van der Waals surface area contributed by atoms with Gasteiger partial charge in [0, 0.05) is 31.1 Å². The van der Waals surface area contributed by atoms with Gasteiger partial charge in [0.2, 0.25) is 0 Å². The van der Waals surface area contributed by atoms with Gasteiger partial charge in [-0.05, 0) is 62.9 Å².